The molecule has 2 fully saturated rings. The minimum absolute atomic E-state index is 0.101. The number of carbonyl (C=O) groups excluding carboxylic acids is 2. The van der Waals surface area contributed by atoms with Gasteiger partial charge in [-0.1, -0.05) is 43.2 Å². The molecule has 0 spiro atoms. The third-order valence-electron chi connectivity index (χ3n) is 7.42. The molecule has 9 nitrogen and oxygen atoms in total. The van der Waals surface area contributed by atoms with E-state index in [0.29, 0.717) is 41.5 Å². The highest BCUT2D eigenvalue weighted by Gasteiger charge is 2.47. The maximum Gasteiger partial charge on any atom is 0.408 e. The second-order valence-corrected chi connectivity index (χ2v) is 12.4. The van der Waals surface area contributed by atoms with Gasteiger partial charge in [0.1, 0.15) is 17.9 Å². The van der Waals surface area contributed by atoms with E-state index in [2.05, 4.69) is 5.32 Å². The van der Waals surface area contributed by atoms with E-state index >= 15 is 8.78 Å². The van der Waals surface area contributed by atoms with Crippen molar-refractivity contribution >= 4 is 21.9 Å². The van der Waals surface area contributed by atoms with Crippen LogP contribution < -0.4 is 10.1 Å². The number of ketones is 1. The number of methoxy groups -OCH3 is 1. The molecule has 41 heavy (non-hydrogen) atoms. The van der Waals surface area contributed by atoms with Gasteiger partial charge in [0.05, 0.1) is 31.8 Å². The summed E-state index contributed by atoms with van der Waals surface area (Å²) in [6.45, 7) is -0.908. The number of alkyl carbamates (subject to hydrolysis) is 1. The van der Waals surface area contributed by atoms with Gasteiger partial charge in [0.25, 0.3) is 0 Å². The van der Waals surface area contributed by atoms with Crippen LogP contribution in [0.5, 0.6) is 5.75 Å². The van der Waals surface area contributed by atoms with Crippen molar-refractivity contribution in [1.29, 1.82) is 0 Å². The molecule has 4 rings (SSSR count). The van der Waals surface area contributed by atoms with Crippen molar-refractivity contribution in [1.82, 2.24) is 9.62 Å². The van der Waals surface area contributed by atoms with Crippen molar-refractivity contribution in [2.45, 2.75) is 61.5 Å². The predicted octanol–water partition coefficient (Wildman–Crippen LogP) is 4.21. The SMILES string of the molecule is COc1ccc(S(=O)(=O)N(CC2CCCC2)CC(F)(F)C(=O)[C@@H](Cc2ccccc2)NC(=O)O[C@H]2CCOC2)cc1. The van der Waals surface area contributed by atoms with E-state index in [-0.39, 0.29) is 30.4 Å². The fourth-order valence-corrected chi connectivity index (χ4v) is 6.69. The summed E-state index contributed by atoms with van der Waals surface area (Å²) < 4.78 is 75.1. The zero-order valence-corrected chi connectivity index (χ0v) is 23.8. The molecule has 2 aliphatic rings. The summed E-state index contributed by atoms with van der Waals surface area (Å²) in [5.74, 6) is -5.39. The summed E-state index contributed by atoms with van der Waals surface area (Å²) in [6, 6.07) is 12.2. The molecule has 0 radical (unpaired) electrons. The summed E-state index contributed by atoms with van der Waals surface area (Å²) in [7, 11) is -2.95. The molecule has 1 N–H and O–H groups in total. The van der Waals surface area contributed by atoms with Gasteiger partial charge >= 0.3 is 12.0 Å². The molecule has 0 aromatic heterocycles. The topological polar surface area (TPSA) is 111 Å². The van der Waals surface area contributed by atoms with Crippen LogP contribution in [0.1, 0.15) is 37.7 Å². The standard InChI is InChI=1S/C29H36F2N2O7S/c1-38-23-11-13-25(14-12-23)41(36,37)33(18-22-9-5-6-10-22)20-29(30,31)27(34)26(17-21-7-3-2-4-8-21)32-28(35)40-24-15-16-39-19-24/h2-4,7-8,11-14,22,24,26H,5-6,9-10,15-20H2,1H3,(H,32,35)/t24-,26+/m0/s1. The van der Waals surface area contributed by atoms with Gasteiger partial charge in [0.15, 0.2) is 0 Å². The summed E-state index contributed by atoms with van der Waals surface area (Å²) in [6.07, 6.45) is 1.87. The van der Waals surface area contributed by atoms with Crippen LogP contribution in [0.15, 0.2) is 59.5 Å². The summed E-state index contributed by atoms with van der Waals surface area (Å²) >= 11 is 0. The predicted molar refractivity (Wildman–Crippen MR) is 146 cm³/mol. The van der Waals surface area contributed by atoms with E-state index in [9.17, 15) is 18.0 Å². The van der Waals surface area contributed by atoms with Gasteiger partial charge in [-0.2, -0.15) is 13.1 Å². The highest BCUT2D eigenvalue weighted by atomic mass is 32.2. The number of alkyl halides is 2. The summed E-state index contributed by atoms with van der Waals surface area (Å²) in [5.41, 5.74) is 0.541. The Bertz CT molecular complexity index is 1260. The van der Waals surface area contributed by atoms with E-state index in [1.165, 1.54) is 31.4 Å². The number of ether oxygens (including phenoxy) is 3. The third kappa shape index (κ3) is 8.23. The Labute approximate surface area is 239 Å². The first-order chi connectivity index (χ1) is 19.6. The lowest BCUT2D eigenvalue weighted by Gasteiger charge is -2.30. The molecule has 12 heteroatoms. The number of carbonyl (C=O) groups is 2. The van der Waals surface area contributed by atoms with E-state index in [1.807, 2.05) is 0 Å². The van der Waals surface area contributed by atoms with Crippen LogP contribution in [0.2, 0.25) is 0 Å². The second-order valence-electron chi connectivity index (χ2n) is 10.5. The van der Waals surface area contributed by atoms with Crippen molar-refractivity contribution in [2.24, 2.45) is 5.92 Å². The maximum absolute atomic E-state index is 15.8. The average Bonchev–Trinajstić information content (AvgIpc) is 3.67. The molecule has 2 atom stereocenters. The number of amides is 1. The number of Topliss-reactive ketones (excluding diaryl/α,β-unsaturated/α-hetero) is 1. The molecule has 1 heterocycles. The van der Waals surface area contributed by atoms with E-state index < -0.39 is 46.5 Å². The zero-order valence-electron chi connectivity index (χ0n) is 23.0. The zero-order chi connectivity index (χ0) is 29.5. The summed E-state index contributed by atoms with van der Waals surface area (Å²) in [4.78, 5) is 25.8. The number of nitrogens with zero attached hydrogens (tertiary/aromatic N) is 1. The lowest BCUT2D eigenvalue weighted by atomic mass is 9.98. The number of hydrogen-bond acceptors (Lipinski definition) is 7. The van der Waals surface area contributed by atoms with E-state index in [1.54, 1.807) is 30.3 Å². The molecular formula is C29H36F2N2O7S. The Balaban J connectivity index is 1.57. The van der Waals surface area contributed by atoms with Crippen LogP contribution in [-0.4, -0.2) is 76.1 Å². The van der Waals surface area contributed by atoms with Gasteiger partial charge < -0.3 is 19.5 Å². The molecule has 1 saturated heterocycles. The van der Waals surface area contributed by atoms with Gasteiger partial charge in [-0.3, -0.25) is 4.79 Å². The molecule has 0 bridgehead atoms. The summed E-state index contributed by atoms with van der Waals surface area (Å²) in [5, 5.41) is 2.30. The molecule has 1 aliphatic carbocycles. The maximum atomic E-state index is 15.8. The normalized spacial score (nSPS) is 18.8. The molecule has 1 saturated carbocycles. The van der Waals surface area contributed by atoms with Crippen molar-refractivity contribution in [3.05, 3.63) is 60.2 Å². The Kier molecular flexibility index (Phi) is 10.3. The molecule has 2 aromatic carbocycles. The molecule has 2 aromatic rings. The van der Waals surface area contributed by atoms with Crippen molar-refractivity contribution in [2.75, 3.05) is 33.4 Å². The van der Waals surface area contributed by atoms with E-state index in [4.69, 9.17) is 14.2 Å². The molecule has 1 amide bonds. The van der Waals surface area contributed by atoms with Crippen LogP contribution in [0, 0.1) is 5.92 Å². The molecule has 0 unspecified atom stereocenters. The lowest BCUT2D eigenvalue weighted by molar-refractivity contribution is -0.146. The van der Waals surface area contributed by atoms with Crippen LogP contribution in [0.4, 0.5) is 13.6 Å². The first-order valence-corrected chi connectivity index (χ1v) is 15.2. The number of benzene rings is 2. The van der Waals surface area contributed by atoms with Crippen LogP contribution in [0.3, 0.4) is 0 Å². The van der Waals surface area contributed by atoms with Crippen LogP contribution in [0.25, 0.3) is 0 Å². The van der Waals surface area contributed by atoms with Gasteiger partial charge in [-0.15, -0.1) is 0 Å². The second kappa shape index (κ2) is 13.7. The van der Waals surface area contributed by atoms with Gasteiger partial charge in [-0.25, -0.2) is 13.2 Å². The van der Waals surface area contributed by atoms with Crippen LogP contribution >= 0.6 is 0 Å². The van der Waals surface area contributed by atoms with Gasteiger partial charge in [0, 0.05) is 19.4 Å². The molecule has 224 valence electrons. The smallest absolute Gasteiger partial charge is 0.408 e. The van der Waals surface area contributed by atoms with Gasteiger partial charge in [0.2, 0.25) is 15.8 Å². The minimum atomic E-state index is -4.38. The first kappa shape index (κ1) is 30.9. The van der Waals surface area contributed by atoms with Crippen molar-refractivity contribution in [3.63, 3.8) is 0 Å². The molecular weight excluding hydrogens is 558 g/mol. The Morgan fingerprint density at radius 2 is 1.76 bits per heavy atom. The number of nitrogens with one attached hydrogen (secondary N) is 1. The Hall–Kier alpha value is -3.09. The number of rotatable bonds is 13. The monoisotopic (exact) mass is 594 g/mol. The Morgan fingerprint density at radius 3 is 2.37 bits per heavy atom. The fraction of sp³-hybridized carbons (Fsp3) is 0.517. The lowest BCUT2D eigenvalue weighted by Crippen LogP contribution is -2.54. The highest BCUT2D eigenvalue weighted by Crippen LogP contribution is 2.31. The minimum Gasteiger partial charge on any atom is -0.497 e. The highest BCUT2D eigenvalue weighted by molar-refractivity contribution is 7.89. The quantitative estimate of drug-likeness (QED) is 0.370. The number of hydrogen-bond donors (Lipinski definition) is 1. The fourth-order valence-electron chi connectivity index (χ4n) is 5.17. The van der Waals surface area contributed by atoms with Crippen molar-refractivity contribution in [3.8, 4) is 5.75 Å². The third-order valence-corrected chi connectivity index (χ3v) is 9.25. The Morgan fingerprint density at radius 1 is 1.07 bits per heavy atom. The average molecular weight is 595 g/mol. The van der Waals surface area contributed by atoms with E-state index in [0.717, 1.165) is 12.8 Å². The first-order valence-electron chi connectivity index (χ1n) is 13.7. The van der Waals surface area contributed by atoms with Crippen LogP contribution in [-0.2, 0) is 30.7 Å². The number of sulfonamides is 1. The largest absolute Gasteiger partial charge is 0.497 e. The van der Waals surface area contributed by atoms with Gasteiger partial charge in [-0.05, 0) is 48.6 Å². The number of halogens is 2. The molecule has 1 aliphatic heterocycles. The van der Waals surface area contributed by atoms with Crippen molar-refractivity contribution < 1.29 is 41.0 Å².